The fraction of sp³-hybridized carbons (Fsp3) is 0.308. The molecule has 0 aliphatic carbocycles. The summed E-state index contributed by atoms with van der Waals surface area (Å²) < 4.78 is 19.9. The molecule has 0 bridgehead atoms. The molecular weight excluding hydrogens is 483 g/mol. The minimum atomic E-state index is -1.13. The van der Waals surface area contributed by atoms with E-state index >= 15 is 0 Å². The van der Waals surface area contributed by atoms with Gasteiger partial charge in [0.05, 0.1) is 29.4 Å². The highest BCUT2D eigenvalue weighted by Crippen LogP contribution is 2.11. The van der Waals surface area contributed by atoms with Crippen molar-refractivity contribution in [3.63, 3.8) is 0 Å². The summed E-state index contributed by atoms with van der Waals surface area (Å²) in [7, 11) is 0. The van der Waals surface area contributed by atoms with Crippen molar-refractivity contribution in [2.45, 2.75) is 46.1 Å². The van der Waals surface area contributed by atoms with Crippen LogP contribution in [0.25, 0.3) is 0 Å². The maximum atomic E-state index is 11.9. The van der Waals surface area contributed by atoms with Crippen LogP contribution in [0.3, 0.4) is 0 Å². The Labute approximate surface area is 218 Å². The molecule has 0 radical (unpaired) electrons. The molecule has 0 fully saturated rings. The van der Waals surface area contributed by atoms with Gasteiger partial charge in [0.15, 0.2) is 0 Å². The van der Waals surface area contributed by atoms with Crippen molar-refractivity contribution < 1.29 is 42.3 Å². The van der Waals surface area contributed by atoms with Crippen LogP contribution in [0, 0.1) is 0 Å². The number of hydrogen-bond donors (Lipinski definition) is 1. The van der Waals surface area contributed by atoms with Gasteiger partial charge < -0.3 is 23.1 Å². The number of carbonyl (C=O) groups excluding carboxylic acids is 3. The van der Waals surface area contributed by atoms with Crippen molar-refractivity contribution >= 4 is 40.5 Å². The van der Waals surface area contributed by atoms with E-state index in [0.29, 0.717) is 12.2 Å². The number of hydrogen-bond acceptors (Lipinski definition) is 8. The summed E-state index contributed by atoms with van der Waals surface area (Å²) in [5.41, 5.74) is 0.400. The van der Waals surface area contributed by atoms with Crippen LogP contribution >= 0.6 is 0 Å². The van der Waals surface area contributed by atoms with Crippen molar-refractivity contribution in [1.29, 1.82) is 0 Å². The first-order chi connectivity index (χ1) is 17.2. The van der Waals surface area contributed by atoms with Crippen LogP contribution in [0.2, 0.25) is 0 Å². The zero-order chi connectivity index (χ0) is 26.9. The smallest absolute Gasteiger partial charge is 0.499 e. The molecule has 0 heterocycles. The second-order valence-corrected chi connectivity index (χ2v) is 8.02. The van der Waals surface area contributed by atoms with Gasteiger partial charge in [0, 0.05) is 0 Å². The molecule has 2 aromatic rings. The average Bonchev–Trinajstić information content (AvgIpc) is 2.87. The van der Waals surface area contributed by atoms with Crippen LogP contribution in [0.15, 0.2) is 66.6 Å². The van der Waals surface area contributed by atoms with Crippen LogP contribution in [0.4, 0.5) is 0 Å². The number of esters is 2. The highest BCUT2D eigenvalue weighted by atomic mass is 27.1. The van der Waals surface area contributed by atoms with E-state index in [4.69, 9.17) is 23.1 Å². The standard InChI is InChI=1S/C15H18O5.C11H12O4.Al.2H/c1-2-3-7-10-19-11-13(14(16)17)20-15(18)12-8-5-4-6-9-12;1-7(2)15-11(14)9-6-4-3-5-8(9)10(12)13;;;/h4-6,8-9,11H,2-3,7,10H2,1H3,(H,16,17);3-7H,1-2H3,(H,12,13);;;/q;;+1;;/p-1. The van der Waals surface area contributed by atoms with Crippen molar-refractivity contribution in [1.82, 2.24) is 0 Å². The van der Waals surface area contributed by atoms with Gasteiger partial charge >= 0.3 is 40.5 Å². The Kier molecular flexibility index (Phi) is 14.3. The fourth-order valence-electron chi connectivity index (χ4n) is 2.64. The molecule has 9 nitrogen and oxygen atoms in total. The first kappa shape index (κ1) is 30.4. The van der Waals surface area contributed by atoms with E-state index in [9.17, 15) is 19.2 Å². The van der Waals surface area contributed by atoms with E-state index in [1.165, 1.54) is 12.1 Å². The monoisotopic (exact) mass is 514 g/mol. The van der Waals surface area contributed by atoms with Gasteiger partial charge in [-0.15, -0.1) is 0 Å². The number of rotatable bonds is 11. The summed E-state index contributed by atoms with van der Waals surface area (Å²) in [6, 6.07) is 14.4. The lowest BCUT2D eigenvalue weighted by Crippen LogP contribution is -2.15. The quantitative estimate of drug-likeness (QED) is 0.156. The van der Waals surface area contributed by atoms with Gasteiger partial charge in [0.2, 0.25) is 5.76 Å². The lowest BCUT2D eigenvalue weighted by Gasteiger charge is -2.09. The zero-order valence-corrected chi connectivity index (χ0v) is 22.9. The second kappa shape index (κ2) is 16.9. The van der Waals surface area contributed by atoms with Gasteiger partial charge in [-0.1, -0.05) is 50.1 Å². The Morgan fingerprint density at radius 2 is 1.53 bits per heavy atom. The third-order valence-electron chi connectivity index (χ3n) is 4.37. The Hall–Kier alpha value is -3.61. The van der Waals surface area contributed by atoms with E-state index in [2.05, 4.69) is 6.92 Å². The van der Waals surface area contributed by atoms with Crippen LogP contribution in [0.1, 0.15) is 71.1 Å². The van der Waals surface area contributed by atoms with Crippen LogP contribution in [-0.2, 0) is 22.8 Å². The maximum absolute atomic E-state index is 11.9. The van der Waals surface area contributed by atoms with Crippen LogP contribution in [-0.4, -0.2) is 58.3 Å². The van der Waals surface area contributed by atoms with Crippen molar-refractivity contribution in [2.75, 3.05) is 6.61 Å². The predicted molar refractivity (Wildman–Crippen MR) is 134 cm³/mol. The molecule has 0 spiro atoms. The summed E-state index contributed by atoms with van der Waals surface area (Å²) in [5.74, 6) is -3.28. The predicted octanol–water partition coefficient (Wildman–Crippen LogP) is 3.93. The molecule has 0 unspecified atom stereocenters. The number of carboxylic acid groups (broad SMARTS) is 1. The average molecular weight is 515 g/mol. The van der Waals surface area contributed by atoms with E-state index in [1.807, 2.05) is 0 Å². The maximum Gasteiger partial charge on any atom is 0.499 e. The molecule has 0 saturated heterocycles. The molecule has 0 amide bonds. The van der Waals surface area contributed by atoms with Gasteiger partial charge in [-0.25, -0.2) is 19.2 Å². The van der Waals surface area contributed by atoms with E-state index < -0.39 is 23.9 Å². The van der Waals surface area contributed by atoms with Crippen molar-refractivity contribution in [3.8, 4) is 0 Å². The first-order valence-corrected chi connectivity index (χ1v) is 12.2. The van der Waals surface area contributed by atoms with Crippen molar-refractivity contribution in [2.24, 2.45) is 0 Å². The third kappa shape index (κ3) is 11.2. The van der Waals surface area contributed by atoms with Crippen LogP contribution < -0.4 is 0 Å². The van der Waals surface area contributed by atoms with Crippen molar-refractivity contribution in [3.05, 3.63) is 83.3 Å². The summed E-state index contributed by atoms with van der Waals surface area (Å²) in [6.45, 7) is 5.97. The second-order valence-electron chi connectivity index (χ2n) is 7.61. The topological polar surface area (TPSA) is 125 Å². The van der Waals surface area contributed by atoms with Gasteiger partial charge in [0.1, 0.15) is 6.26 Å². The molecule has 0 aromatic heterocycles. The number of unbranched alkanes of at least 4 members (excludes halogenated alkanes) is 2. The third-order valence-corrected chi connectivity index (χ3v) is 4.75. The molecular formula is C26H31AlO9. The summed E-state index contributed by atoms with van der Waals surface area (Å²) in [4.78, 5) is 45.8. The SMILES string of the molecule is CC(C)OC(=O)c1ccccc1C(=O)O.CCCCCOC=C(OC(=O)c1ccccc1)C(=O)[O][AlH2]. The Bertz CT molecular complexity index is 1030. The van der Waals surface area contributed by atoms with Gasteiger partial charge in [-0.2, -0.15) is 0 Å². The van der Waals surface area contributed by atoms with Gasteiger partial charge in [-0.3, -0.25) is 0 Å². The van der Waals surface area contributed by atoms with Crippen LogP contribution in [0.5, 0.6) is 0 Å². The van der Waals surface area contributed by atoms with Gasteiger partial charge in [-0.05, 0) is 44.5 Å². The zero-order valence-electron chi connectivity index (χ0n) is 20.9. The Balaban J connectivity index is 0.000000381. The number of ether oxygens (including phenoxy) is 3. The molecule has 2 rings (SSSR count). The Morgan fingerprint density at radius 1 is 0.917 bits per heavy atom. The molecule has 2 aromatic carbocycles. The molecule has 0 aliphatic rings. The molecule has 0 atom stereocenters. The highest BCUT2D eigenvalue weighted by molar-refractivity contribution is 6.09. The largest absolute Gasteiger partial charge is 0.616 e. The first-order valence-electron chi connectivity index (χ1n) is 11.4. The molecule has 10 heteroatoms. The summed E-state index contributed by atoms with van der Waals surface area (Å²) in [5, 5.41) is 8.84. The van der Waals surface area contributed by atoms with Gasteiger partial charge in [0.25, 0.3) is 0 Å². The number of carbonyl (C=O) groups is 4. The molecule has 0 saturated carbocycles. The van der Waals surface area contributed by atoms with E-state index in [1.54, 1.807) is 56.3 Å². The molecule has 36 heavy (non-hydrogen) atoms. The summed E-state index contributed by atoms with van der Waals surface area (Å²) in [6.07, 6.45) is 3.88. The number of benzene rings is 2. The van der Waals surface area contributed by atoms with E-state index in [0.717, 1.165) is 25.5 Å². The molecule has 192 valence electrons. The number of carboxylic acids is 1. The lowest BCUT2D eigenvalue weighted by molar-refractivity contribution is -0.133. The summed E-state index contributed by atoms with van der Waals surface area (Å²) >= 11 is 0.215. The molecule has 0 aliphatic heterocycles. The fourth-order valence-corrected chi connectivity index (χ4v) is 2.84. The number of aromatic carboxylic acids is 1. The Morgan fingerprint density at radius 3 is 2.08 bits per heavy atom. The molecule has 1 N–H and O–H groups in total. The highest BCUT2D eigenvalue weighted by Gasteiger charge is 2.18. The van der Waals surface area contributed by atoms with E-state index in [-0.39, 0.29) is 39.6 Å². The lowest BCUT2D eigenvalue weighted by atomic mass is 10.1. The minimum absolute atomic E-state index is 0.0387. The minimum Gasteiger partial charge on any atom is -0.616 e. The normalized spacial score (nSPS) is 10.5.